The van der Waals surface area contributed by atoms with Gasteiger partial charge in [0.15, 0.2) is 17.3 Å². The van der Waals surface area contributed by atoms with E-state index in [1.165, 1.54) is 0 Å². The Bertz CT molecular complexity index is 1050. The number of ether oxygens (including phenoxy) is 2. The molecule has 0 N–H and O–H groups in total. The van der Waals surface area contributed by atoms with Gasteiger partial charge in [-0.1, -0.05) is 54.6 Å². The number of hydrogen-bond acceptors (Lipinski definition) is 3. The van der Waals surface area contributed by atoms with Crippen LogP contribution in [0.3, 0.4) is 0 Å². The Hall–Kier alpha value is -2.85. The number of fused-ring (bicyclic) bond motifs is 1. The van der Waals surface area contributed by atoms with Crippen molar-refractivity contribution in [3.8, 4) is 11.5 Å². The number of methoxy groups -OCH3 is 1. The summed E-state index contributed by atoms with van der Waals surface area (Å²) < 4.78 is 12.3. The van der Waals surface area contributed by atoms with Gasteiger partial charge in [-0.2, -0.15) is 0 Å². The first kappa shape index (κ1) is 18.5. The highest BCUT2D eigenvalue weighted by Crippen LogP contribution is 2.38. The van der Waals surface area contributed by atoms with E-state index in [1.54, 1.807) is 7.11 Å². The van der Waals surface area contributed by atoms with Gasteiger partial charge in [0.1, 0.15) is 6.61 Å². The fourth-order valence-electron chi connectivity index (χ4n) is 3.37. The van der Waals surface area contributed by atoms with Crippen LogP contribution in [0.2, 0.25) is 0 Å². The van der Waals surface area contributed by atoms with Crippen molar-refractivity contribution >= 4 is 27.8 Å². The van der Waals surface area contributed by atoms with Crippen molar-refractivity contribution in [2.24, 2.45) is 0 Å². The van der Waals surface area contributed by atoms with Crippen LogP contribution in [0.15, 0.2) is 76.8 Å². The minimum Gasteiger partial charge on any atom is -0.493 e. The molecule has 1 aliphatic carbocycles. The van der Waals surface area contributed by atoms with Gasteiger partial charge in [0.05, 0.1) is 11.6 Å². The standard InChI is InChI=1S/C24H19BrO3/c1-27-22-13-17(11-19-14-18-9-5-6-10-20(18)23(19)26)12-21(25)24(22)28-15-16-7-3-2-4-8-16/h2-13H,14-15H2,1H3/b19-11+. The van der Waals surface area contributed by atoms with Crippen molar-refractivity contribution in [2.75, 3.05) is 7.11 Å². The number of carbonyl (C=O) groups excluding carboxylic acids is 1. The van der Waals surface area contributed by atoms with Crippen LogP contribution in [0.4, 0.5) is 0 Å². The van der Waals surface area contributed by atoms with Crippen LogP contribution in [0.5, 0.6) is 11.5 Å². The molecule has 0 atom stereocenters. The smallest absolute Gasteiger partial charge is 0.189 e. The first-order valence-corrected chi connectivity index (χ1v) is 9.82. The molecular formula is C24H19BrO3. The summed E-state index contributed by atoms with van der Waals surface area (Å²) in [4.78, 5) is 12.6. The quantitative estimate of drug-likeness (QED) is 0.471. The maximum Gasteiger partial charge on any atom is 0.189 e. The molecule has 0 saturated carbocycles. The molecule has 0 aromatic heterocycles. The molecule has 3 aromatic carbocycles. The van der Waals surface area contributed by atoms with Gasteiger partial charge in [-0.3, -0.25) is 4.79 Å². The number of hydrogen-bond donors (Lipinski definition) is 0. The number of ketones is 1. The van der Waals surface area contributed by atoms with Gasteiger partial charge >= 0.3 is 0 Å². The van der Waals surface area contributed by atoms with Gasteiger partial charge in [0, 0.05) is 17.6 Å². The van der Waals surface area contributed by atoms with E-state index in [4.69, 9.17) is 9.47 Å². The second-order valence-electron chi connectivity index (χ2n) is 6.64. The van der Waals surface area contributed by atoms with E-state index < -0.39 is 0 Å². The van der Waals surface area contributed by atoms with Crippen LogP contribution in [-0.4, -0.2) is 12.9 Å². The molecule has 140 valence electrons. The van der Waals surface area contributed by atoms with Crippen molar-refractivity contribution in [1.82, 2.24) is 0 Å². The lowest BCUT2D eigenvalue weighted by Gasteiger charge is -2.14. The third-order valence-electron chi connectivity index (χ3n) is 4.75. The second-order valence-corrected chi connectivity index (χ2v) is 7.50. The molecule has 0 amide bonds. The number of carbonyl (C=O) groups is 1. The average molecular weight is 435 g/mol. The highest BCUT2D eigenvalue weighted by atomic mass is 79.9. The van der Waals surface area contributed by atoms with Crippen LogP contribution >= 0.6 is 15.9 Å². The molecule has 0 bridgehead atoms. The lowest BCUT2D eigenvalue weighted by Crippen LogP contribution is -1.99. The third kappa shape index (κ3) is 3.73. The highest BCUT2D eigenvalue weighted by Gasteiger charge is 2.24. The van der Waals surface area contributed by atoms with Gasteiger partial charge in [-0.15, -0.1) is 0 Å². The summed E-state index contributed by atoms with van der Waals surface area (Å²) >= 11 is 3.59. The normalized spacial score (nSPS) is 14.2. The predicted molar refractivity (Wildman–Crippen MR) is 114 cm³/mol. The van der Waals surface area contributed by atoms with Crippen molar-refractivity contribution in [2.45, 2.75) is 13.0 Å². The van der Waals surface area contributed by atoms with Gasteiger partial charge in [-0.05, 0) is 50.8 Å². The lowest BCUT2D eigenvalue weighted by atomic mass is 10.1. The van der Waals surface area contributed by atoms with Gasteiger partial charge in [-0.25, -0.2) is 0 Å². The molecule has 0 unspecified atom stereocenters. The Labute approximate surface area is 172 Å². The fraction of sp³-hybridized carbons (Fsp3) is 0.125. The molecule has 0 fully saturated rings. The topological polar surface area (TPSA) is 35.5 Å². The van der Waals surface area contributed by atoms with Gasteiger partial charge < -0.3 is 9.47 Å². The monoisotopic (exact) mass is 434 g/mol. The molecular weight excluding hydrogens is 416 g/mol. The molecule has 0 saturated heterocycles. The summed E-state index contributed by atoms with van der Waals surface area (Å²) in [6.07, 6.45) is 2.58. The molecule has 0 radical (unpaired) electrons. The zero-order valence-corrected chi connectivity index (χ0v) is 17.0. The van der Waals surface area contributed by atoms with Crippen molar-refractivity contribution in [1.29, 1.82) is 0 Å². The summed E-state index contributed by atoms with van der Waals surface area (Å²) in [6.45, 7) is 0.448. The Morgan fingerprint density at radius 3 is 2.54 bits per heavy atom. The minimum absolute atomic E-state index is 0.0927. The zero-order chi connectivity index (χ0) is 19.5. The largest absolute Gasteiger partial charge is 0.493 e. The molecule has 1 aliphatic rings. The maximum atomic E-state index is 12.6. The molecule has 3 nitrogen and oxygen atoms in total. The molecule has 3 aromatic rings. The number of rotatable bonds is 5. The van der Waals surface area contributed by atoms with E-state index >= 15 is 0 Å². The molecule has 0 heterocycles. The van der Waals surface area contributed by atoms with Gasteiger partial charge in [0.2, 0.25) is 0 Å². The molecule has 28 heavy (non-hydrogen) atoms. The first-order valence-electron chi connectivity index (χ1n) is 9.03. The van der Waals surface area contributed by atoms with E-state index in [9.17, 15) is 4.79 Å². The molecule has 4 heteroatoms. The highest BCUT2D eigenvalue weighted by molar-refractivity contribution is 9.10. The van der Waals surface area contributed by atoms with Crippen LogP contribution < -0.4 is 9.47 Å². The van der Waals surface area contributed by atoms with Crippen LogP contribution in [-0.2, 0) is 13.0 Å². The van der Waals surface area contributed by atoms with Crippen LogP contribution in [0.25, 0.3) is 6.08 Å². The summed E-state index contributed by atoms with van der Waals surface area (Å²) in [5.41, 5.74) is 4.63. The summed E-state index contributed by atoms with van der Waals surface area (Å²) in [7, 11) is 1.62. The molecule has 0 aliphatic heterocycles. The first-order chi connectivity index (χ1) is 13.7. The van der Waals surface area contributed by atoms with Crippen LogP contribution in [0.1, 0.15) is 27.0 Å². The average Bonchev–Trinajstić information content (AvgIpc) is 3.03. The predicted octanol–water partition coefficient (Wildman–Crippen LogP) is 5.86. The Morgan fingerprint density at radius 2 is 1.79 bits per heavy atom. The minimum atomic E-state index is 0.0927. The van der Waals surface area contributed by atoms with Crippen molar-refractivity contribution < 1.29 is 14.3 Å². The lowest BCUT2D eigenvalue weighted by molar-refractivity contribution is 0.104. The SMILES string of the molecule is COc1cc(/C=C2\Cc3ccccc3C2=O)cc(Br)c1OCc1ccccc1. The summed E-state index contributed by atoms with van der Waals surface area (Å²) in [6, 6.07) is 21.6. The maximum absolute atomic E-state index is 12.6. The summed E-state index contributed by atoms with van der Waals surface area (Å²) in [5, 5.41) is 0. The number of allylic oxidation sites excluding steroid dienone is 1. The Kier molecular flexibility index (Phi) is 5.31. The van der Waals surface area contributed by atoms with Crippen molar-refractivity contribution in [3.63, 3.8) is 0 Å². The third-order valence-corrected chi connectivity index (χ3v) is 5.34. The number of halogens is 1. The molecule has 0 spiro atoms. The van der Waals surface area contributed by atoms with Gasteiger partial charge in [0.25, 0.3) is 0 Å². The molecule has 4 rings (SSSR count). The van der Waals surface area contributed by atoms with E-state index in [0.717, 1.165) is 32.3 Å². The van der Waals surface area contributed by atoms with E-state index in [2.05, 4.69) is 15.9 Å². The zero-order valence-electron chi connectivity index (χ0n) is 15.4. The second kappa shape index (κ2) is 8.03. The van der Waals surface area contributed by atoms with Crippen LogP contribution in [0, 0.1) is 0 Å². The van der Waals surface area contributed by atoms with Crippen molar-refractivity contribution in [3.05, 3.63) is 99.0 Å². The number of Topliss-reactive ketones (excluding diaryl/α,β-unsaturated/α-hetero) is 1. The van der Waals surface area contributed by atoms with E-state index in [0.29, 0.717) is 24.5 Å². The fourth-order valence-corrected chi connectivity index (χ4v) is 3.94. The Morgan fingerprint density at radius 1 is 1.04 bits per heavy atom. The van der Waals surface area contributed by atoms with E-state index in [1.807, 2.05) is 72.8 Å². The van der Waals surface area contributed by atoms with E-state index in [-0.39, 0.29) is 5.78 Å². The number of benzene rings is 3. The summed E-state index contributed by atoms with van der Waals surface area (Å²) in [5.74, 6) is 1.37. The Balaban J connectivity index is 1.60.